The van der Waals surface area contributed by atoms with E-state index < -0.39 is 0 Å². The Morgan fingerprint density at radius 3 is 2.68 bits per heavy atom. The molecule has 1 atom stereocenters. The molecule has 0 spiro atoms. The van der Waals surface area contributed by atoms with Crippen molar-refractivity contribution in [2.75, 3.05) is 25.1 Å². The van der Waals surface area contributed by atoms with E-state index in [2.05, 4.69) is 5.32 Å². The second kappa shape index (κ2) is 6.12. The zero-order valence-electron chi connectivity index (χ0n) is 10.7. The summed E-state index contributed by atoms with van der Waals surface area (Å²) in [7, 11) is 0. The number of nitrogens with two attached hydrogens (primary N) is 1. The maximum Gasteiger partial charge on any atom is 0.227 e. The van der Waals surface area contributed by atoms with Crippen molar-refractivity contribution in [1.29, 1.82) is 0 Å². The molecule has 5 nitrogen and oxygen atoms in total. The molecule has 6 heteroatoms. The van der Waals surface area contributed by atoms with Gasteiger partial charge in [-0.05, 0) is 13.0 Å². The molecule has 1 unspecified atom stereocenters. The smallest absolute Gasteiger partial charge is 0.227 e. The largest absolute Gasteiger partial charge is 0.486 e. The van der Waals surface area contributed by atoms with E-state index in [4.69, 9.17) is 26.8 Å². The first-order chi connectivity index (χ1) is 9.11. The van der Waals surface area contributed by atoms with Crippen LogP contribution in [0.3, 0.4) is 0 Å². The molecular weight excluding hydrogens is 268 g/mol. The van der Waals surface area contributed by atoms with E-state index in [-0.39, 0.29) is 11.8 Å². The monoisotopic (exact) mass is 284 g/mol. The third kappa shape index (κ3) is 3.30. The predicted octanol–water partition coefficient (Wildman–Crippen LogP) is 2.03. The summed E-state index contributed by atoms with van der Waals surface area (Å²) in [6.07, 6.45) is 0.633. The van der Waals surface area contributed by atoms with E-state index in [1.54, 1.807) is 12.1 Å². The summed E-state index contributed by atoms with van der Waals surface area (Å²) in [5, 5.41) is 3.21. The first-order valence-corrected chi connectivity index (χ1v) is 6.59. The minimum atomic E-state index is -0.158. The average molecular weight is 285 g/mol. The Bertz CT molecular complexity index is 479. The van der Waals surface area contributed by atoms with Crippen molar-refractivity contribution in [3.63, 3.8) is 0 Å². The Hall–Kier alpha value is -1.46. The standard InChI is InChI=1S/C13H17ClN2O3/c1-8(2-3-15)13(17)16-10-7-12-11(6-9(10)14)18-4-5-19-12/h6-8H,2-5,15H2,1H3,(H,16,17). The van der Waals surface area contributed by atoms with Crippen molar-refractivity contribution in [3.05, 3.63) is 17.2 Å². The normalized spacial score (nSPS) is 14.9. The van der Waals surface area contributed by atoms with Gasteiger partial charge in [0.05, 0.1) is 10.7 Å². The van der Waals surface area contributed by atoms with Gasteiger partial charge in [0.1, 0.15) is 13.2 Å². The van der Waals surface area contributed by atoms with E-state index in [1.165, 1.54) is 0 Å². The van der Waals surface area contributed by atoms with Crippen LogP contribution in [0.15, 0.2) is 12.1 Å². The van der Waals surface area contributed by atoms with E-state index >= 15 is 0 Å². The Balaban J connectivity index is 2.14. The first kappa shape index (κ1) is 14.0. The molecule has 0 aliphatic carbocycles. The number of hydrogen-bond donors (Lipinski definition) is 2. The highest BCUT2D eigenvalue weighted by Crippen LogP contribution is 2.38. The van der Waals surface area contributed by atoms with E-state index in [1.807, 2.05) is 6.92 Å². The molecule has 1 aliphatic heterocycles. The number of carbonyl (C=O) groups excluding carboxylic acids is 1. The molecule has 1 aromatic rings. The molecule has 0 saturated carbocycles. The number of amides is 1. The SMILES string of the molecule is CC(CCN)C(=O)Nc1cc2c(cc1Cl)OCCO2. The third-order valence-corrected chi connectivity index (χ3v) is 3.25. The fourth-order valence-corrected chi connectivity index (χ4v) is 2.00. The van der Waals surface area contributed by atoms with Crippen LogP contribution in [0.2, 0.25) is 5.02 Å². The van der Waals surface area contributed by atoms with Gasteiger partial charge in [0.15, 0.2) is 11.5 Å². The predicted molar refractivity (Wildman–Crippen MR) is 73.9 cm³/mol. The summed E-state index contributed by atoms with van der Waals surface area (Å²) in [5.41, 5.74) is 5.97. The summed E-state index contributed by atoms with van der Waals surface area (Å²) in [4.78, 5) is 11.9. The minimum Gasteiger partial charge on any atom is -0.486 e. The zero-order valence-corrected chi connectivity index (χ0v) is 11.5. The second-order valence-corrected chi connectivity index (χ2v) is 4.85. The lowest BCUT2D eigenvalue weighted by Gasteiger charge is -2.20. The Kier molecular flexibility index (Phi) is 4.50. The number of halogens is 1. The number of carbonyl (C=O) groups is 1. The number of nitrogens with one attached hydrogen (secondary N) is 1. The molecule has 1 heterocycles. The van der Waals surface area contributed by atoms with Crippen LogP contribution in [0, 0.1) is 5.92 Å². The van der Waals surface area contributed by atoms with Gasteiger partial charge in [-0.2, -0.15) is 0 Å². The molecule has 3 N–H and O–H groups in total. The van der Waals surface area contributed by atoms with E-state index in [9.17, 15) is 4.79 Å². The summed E-state index contributed by atoms with van der Waals surface area (Å²) < 4.78 is 10.9. The molecule has 2 rings (SSSR count). The molecular formula is C13H17ClN2O3. The van der Waals surface area contributed by atoms with Crippen molar-refractivity contribution in [3.8, 4) is 11.5 Å². The third-order valence-electron chi connectivity index (χ3n) is 2.94. The lowest BCUT2D eigenvalue weighted by Crippen LogP contribution is -2.23. The van der Waals surface area contributed by atoms with Crippen LogP contribution < -0.4 is 20.5 Å². The van der Waals surface area contributed by atoms with Crippen molar-refractivity contribution in [2.45, 2.75) is 13.3 Å². The van der Waals surface area contributed by atoms with Crippen LogP contribution in [-0.4, -0.2) is 25.7 Å². The molecule has 1 aromatic carbocycles. The number of fused-ring (bicyclic) bond motifs is 1. The zero-order chi connectivity index (χ0) is 13.8. The second-order valence-electron chi connectivity index (χ2n) is 4.44. The summed E-state index contributed by atoms with van der Waals surface area (Å²) in [6.45, 7) is 3.30. The number of ether oxygens (including phenoxy) is 2. The van der Waals surface area contributed by atoms with Gasteiger partial charge in [0, 0.05) is 18.1 Å². The quantitative estimate of drug-likeness (QED) is 0.887. The van der Waals surface area contributed by atoms with Gasteiger partial charge in [0.2, 0.25) is 5.91 Å². The maximum absolute atomic E-state index is 11.9. The molecule has 0 radical (unpaired) electrons. The van der Waals surface area contributed by atoms with Crippen LogP contribution in [0.1, 0.15) is 13.3 Å². The number of rotatable bonds is 4. The lowest BCUT2D eigenvalue weighted by molar-refractivity contribution is -0.119. The van der Waals surface area contributed by atoms with E-state index in [0.29, 0.717) is 48.4 Å². The maximum atomic E-state index is 11.9. The van der Waals surface area contributed by atoms with Gasteiger partial charge in [0.25, 0.3) is 0 Å². The van der Waals surface area contributed by atoms with Gasteiger partial charge < -0.3 is 20.5 Å². The Morgan fingerprint density at radius 1 is 1.42 bits per heavy atom. The average Bonchev–Trinajstić information content (AvgIpc) is 2.39. The van der Waals surface area contributed by atoms with Crippen molar-refractivity contribution >= 4 is 23.2 Å². The highest BCUT2D eigenvalue weighted by Gasteiger charge is 2.18. The van der Waals surface area contributed by atoms with Crippen molar-refractivity contribution < 1.29 is 14.3 Å². The van der Waals surface area contributed by atoms with Crippen LogP contribution in [0.25, 0.3) is 0 Å². The molecule has 104 valence electrons. The lowest BCUT2D eigenvalue weighted by atomic mass is 10.1. The van der Waals surface area contributed by atoms with Crippen LogP contribution in [-0.2, 0) is 4.79 Å². The van der Waals surface area contributed by atoms with Gasteiger partial charge in [-0.3, -0.25) is 4.79 Å². The molecule has 19 heavy (non-hydrogen) atoms. The van der Waals surface area contributed by atoms with Crippen molar-refractivity contribution in [1.82, 2.24) is 0 Å². The summed E-state index contributed by atoms with van der Waals surface area (Å²) >= 11 is 6.11. The number of hydrogen-bond acceptors (Lipinski definition) is 4. The number of benzene rings is 1. The van der Waals surface area contributed by atoms with Crippen LogP contribution in [0.5, 0.6) is 11.5 Å². The topological polar surface area (TPSA) is 73.6 Å². The molecule has 0 fully saturated rings. The summed E-state index contributed by atoms with van der Waals surface area (Å²) in [6, 6.07) is 3.34. The highest BCUT2D eigenvalue weighted by atomic mass is 35.5. The van der Waals surface area contributed by atoms with Gasteiger partial charge in [-0.15, -0.1) is 0 Å². The van der Waals surface area contributed by atoms with Crippen LogP contribution >= 0.6 is 11.6 Å². The van der Waals surface area contributed by atoms with Crippen LogP contribution in [0.4, 0.5) is 5.69 Å². The summed E-state index contributed by atoms with van der Waals surface area (Å²) in [5.74, 6) is 0.931. The molecule has 0 bridgehead atoms. The van der Waals surface area contributed by atoms with Gasteiger partial charge in [-0.25, -0.2) is 0 Å². The fourth-order valence-electron chi connectivity index (χ4n) is 1.80. The Morgan fingerprint density at radius 2 is 2.05 bits per heavy atom. The van der Waals surface area contributed by atoms with Crippen molar-refractivity contribution in [2.24, 2.45) is 11.7 Å². The molecule has 1 aliphatic rings. The van der Waals surface area contributed by atoms with E-state index in [0.717, 1.165) is 0 Å². The Labute approximate surface area is 117 Å². The highest BCUT2D eigenvalue weighted by molar-refractivity contribution is 6.34. The number of anilines is 1. The first-order valence-electron chi connectivity index (χ1n) is 6.22. The minimum absolute atomic E-state index is 0.107. The molecule has 1 amide bonds. The molecule has 0 saturated heterocycles. The fraction of sp³-hybridized carbons (Fsp3) is 0.462. The molecule has 0 aromatic heterocycles. The van der Waals surface area contributed by atoms with Gasteiger partial charge in [-0.1, -0.05) is 18.5 Å². The van der Waals surface area contributed by atoms with Gasteiger partial charge >= 0.3 is 0 Å².